The molecule has 4 aromatic rings. The summed E-state index contributed by atoms with van der Waals surface area (Å²) in [6.45, 7) is 2.86. The van der Waals surface area contributed by atoms with Crippen LogP contribution in [0.15, 0.2) is 29.1 Å². The van der Waals surface area contributed by atoms with Gasteiger partial charge in [0, 0.05) is 20.0 Å². The Morgan fingerprint density at radius 1 is 1.29 bits per heavy atom. The first kappa shape index (κ1) is 17.1. The van der Waals surface area contributed by atoms with Crippen LogP contribution in [-0.2, 0) is 26.6 Å². The van der Waals surface area contributed by atoms with Gasteiger partial charge in [0.2, 0.25) is 0 Å². The number of fused-ring (bicyclic) bond motifs is 3. The van der Waals surface area contributed by atoms with E-state index in [9.17, 15) is 9.59 Å². The molecule has 0 saturated carbocycles. The molecule has 0 saturated heterocycles. The van der Waals surface area contributed by atoms with Crippen LogP contribution in [0, 0.1) is 6.92 Å². The van der Waals surface area contributed by atoms with Crippen LogP contribution < -0.4 is 10.9 Å². The summed E-state index contributed by atoms with van der Waals surface area (Å²) in [5.41, 5.74) is 2.61. The predicted molar refractivity (Wildman–Crippen MR) is 109 cm³/mol. The van der Waals surface area contributed by atoms with Gasteiger partial charge in [0.05, 0.1) is 27.8 Å². The number of carbonyl (C=O) groups is 1. The minimum absolute atomic E-state index is 0.0272. The number of thiophene rings is 1. The molecule has 0 aliphatic carbocycles. The van der Waals surface area contributed by atoms with Crippen LogP contribution in [0.2, 0.25) is 0 Å². The van der Waals surface area contributed by atoms with Crippen molar-refractivity contribution in [1.82, 2.24) is 24.4 Å². The maximum atomic E-state index is 12.8. The lowest BCUT2D eigenvalue weighted by Crippen LogP contribution is -2.24. The van der Waals surface area contributed by atoms with E-state index in [0.29, 0.717) is 33.7 Å². The van der Waals surface area contributed by atoms with Crippen molar-refractivity contribution in [2.45, 2.75) is 32.9 Å². The highest BCUT2D eigenvalue weighted by Gasteiger charge is 2.23. The Morgan fingerprint density at radius 2 is 2.11 bits per heavy atom. The number of aromatic nitrogens is 4. The highest BCUT2D eigenvalue weighted by molar-refractivity contribution is 7.20. The lowest BCUT2D eigenvalue weighted by Gasteiger charge is -2.05. The van der Waals surface area contributed by atoms with Crippen molar-refractivity contribution in [2.75, 3.05) is 0 Å². The number of para-hydroxylation sites is 2. The molecule has 4 heterocycles. The van der Waals surface area contributed by atoms with Crippen LogP contribution in [-0.4, -0.2) is 25.0 Å². The molecule has 1 aliphatic heterocycles. The topological polar surface area (TPSA) is 81.8 Å². The van der Waals surface area contributed by atoms with E-state index in [1.807, 2.05) is 42.8 Å². The standard InChI is InChI=1S/C20H19N5O2S/c1-11-16-19(23-14-8-5-9-25(14)20(16)27)28-17(11)18(26)21-10-15-22-12-6-3-4-7-13(12)24(15)2/h3-4,6-7H,5,8-10H2,1-2H3,(H,21,26). The number of aryl methyl sites for hydroxylation is 3. The van der Waals surface area contributed by atoms with Crippen LogP contribution in [0.1, 0.15) is 33.3 Å². The predicted octanol–water partition coefficient (Wildman–Crippen LogP) is 2.53. The van der Waals surface area contributed by atoms with E-state index in [1.165, 1.54) is 11.3 Å². The highest BCUT2D eigenvalue weighted by Crippen LogP contribution is 2.28. The third-order valence-corrected chi connectivity index (χ3v) is 6.59. The van der Waals surface area contributed by atoms with Gasteiger partial charge in [-0.3, -0.25) is 14.2 Å². The lowest BCUT2D eigenvalue weighted by molar-refractivity contribution is 0.0953. The first-order valence-corrected chi connectivity index (χ1v) is 10.1. The maximum Gasteiger partial charge on any atom is 0.262 e. The molecule has 0 fully saturated rings. The number of imidazole rings is 1. The monoisotopic (exact) mass is 393 g/mol. The summed E-state index contributed by atoms with van der Waals surface area (Å²) < 4.78 is 3.72. The van der Waals surface area contributed by atoms with Crippen LogP contribution in [0.25, 0.3) is 21.3 Å². The van der Waals surface area contributed by atoms with Crippen LogP contribution in [0.3, 0.4) is 0 Å². The van der Waals surface area contributed by atoms with Gasteiger partial charge in [0.15, 0.2) is 0 Å². The van der Waals surface area contributed by atoms with Gasteiger partial charge >= 0.3 is 0 Å². The maximum absolute atomic E-state index is 12.8. The Kier molecular flexibility index (Phi) is 3.83. The largest absolute Gasteiger partial charge is 0.344 e. The normalized spacial score (nSPS) is 13.4. The number of carbonyl (C=O) groups excluding carboxylic acids is 1. The van der Waals surface area contributed by atoms with Crippen molar-refractivity contribution >= 4 is 38.5 Å². The molecule has 0 unspecified atom stereocenters. The Bertz CT molecular complexity index is 1310. The second-order valence-electron chi connectivity index (χ2n) is 7.08. The van der Waals surface area contributed by atoms with E-state index in [0.717, 1.165) is 35.5 Å². The van der Waals surface area contributed by atoms with Gasteiger partial charge in [-0.2, -0.15) is 0 Å². The Hall–Kier alpha value is -3.00. The summed E-state index contributed by atoms with van der Waals surface area (Å²) >= 11 is 1.29. The van der Waals surface area contributed by atoms with E-state index in [4.69, 9.17) is 0 Å². The molecule has 5 rings (SSSR count). The van der Waals surface area contributed by atoms with Crippen molar-refractivity contribution in [1.29, 1.82) is 0 Å². The lowest BCUT2D eigenvalue weighted by atomic mass is 10.2. The summed E-state index contributed by atoms with van der Waals surface area (Å²) in [5, 5.41) is 3.52. The molecule has 28 heavy (non-hydrogen) atoms. The van der Waals surface area contributed by atoms with Gasteiger partial charge in [-0.15, -0.1) is 11.3 Å². The minimum atomic E-state index is -0.197. The third kappa shape index (κ3) is 2.48. The number of benzene rings is 1. The van der Waals surface area contributed by atoms with Crippen molar-refractivity contribution in [2.24, 2.45) is 7.05 Å². The van der Waals surface area contributed by atoms with E-state index >= 15 is 0 Å². The van der Waals surface area contributed by atoms with Crippen molar-refractivity contribution in [3.8, 4) is 0 Å². The molecule has 1 aliphatic rings. The summed E-state index contributed by atoms with van der Waals surface area (Å²) in [5.74, 6) is 1.41. The third-order valence-electron chi connectivity index (χ3n) is 5.40. The first-order chi connectivity index (χ1) is 13.5. The summed E-state index contributed by atoms with van der Waals surface area (Å²) in [4.78, 5) is 36.0. The fourth-order valence-corrected chi connectivity index (χ4v) is 4.99. The zero-order chi connectivity index (χ0) is 19.4. The number of amides is 1. The van der Waals surface area contributed by atoms with Crippen LogP contribution in [0.5, 0.6) is 0 Å². The number of nitrogens with one attached hydrogen (secondary N) is 1. The smallest absolute Gasteiger partial charge is 0.262 e. The Morgan fingerprint density at radius 3 is 2.93 bits per heavy atom. The summed E-state index contributed by atoms with van der Waals surface area (Å²) in [6.07, 6.45) is 1.76. The number of hydrogen-bond acceptors (Lipinski definition) is 5. The van der Waals surface area contributed by atoms with Gasteiger partial charge in [0.1, 0.15) is 16.5 Å². The Balaban J connectivity index is 1.46. The molecule has 142 valence electrons. The number of nitrogens with zero attached hydrogens (tertiary/aromatic N) is 4. The van der Waals surface area contributed by atoms with E-state index in [-0.39, 0.29) is 11.5 Å². The first-order valence-electron chi connectivity index (χ1n) is 9.26. The molecule has 1 amide bonds. The fraction of sp³-hybridized carbons (Fsp3) is 0.300. The van der Waals surface area contributed by atoms with E-state index in [1.54, 1.807) is 4.57 Å². The van der Waals surface area contributed by atoms with Crippen LogP contribution >= 0.6 is 11.3 Å². The molecule has 0 atom stereocenters. The number of hydrogen-bond donors (Lipinski definition) is 1. The van der Waals surface area contributed by atoms with Gasteiger partial charge < -0.3 is 9.88 Å². The average Bonchev–Trinajstić information content (AvgIpc) is 3.37. The highest BCUT2D eigenvalue weighted by atomic mass is 32.1. The second-order valence-corrected chi connectivity index (χ2v) is 8.08. The minimum Gasteiger partial charge on any atom is -0.344 e. The molecule has 3 aromatic heterocycles. The zero-order valence-electron chi connectivity index (χ0n) is 15.7. The fourth-order valence-electron chi connectivity index (χ4n) is 3.89. The average molecular weight is 393 g/mol. The quantitative estimate of drug-likeness (QED) is 0.580. The molecule has 1 aromatic carbocycles. The molecule has 0 spiro atoms. The van der Waals surface area contributed by atoms with Crippen molar-refractivity contribution in [3.05, 3.63) is 56.7 Å². The molecule has 0 radical (unpaired) electrons. The van der Waals surface area contributed by atoms with Crippen molar-refractivity contribution < 1.29 is 4.79 Å². The molecule has 1 N–H and O–H groups in total. The number of rotatable bonds is 3. The van der Waals surface area contributed by atoms with Gasteiger partial charge in [0.25, 0.3) is 11.5 Å². The SMILES string of the molecule is Cc1c(C(=O)NCc2nc3ccccc3n2C)sc2nc3n(c(=O)c12)CCC3. The summed E-state index contributed by atoms with van der Waals surface area (Å²) in [6, 6.07) is 7.87. The van der Waals surface area contributed by atoms with E-state index < -0.39 is 0 Å². The van der Waals surface area contributed by atoms with E-state index in [2.05, 4.69) is 15.3 Å². The Labute approximate surface area is 164 Å². The van der Waals surface area contributed by atoms with Crippen LogP contribution in [0.4, 0.5) is 0 Å². The molecular weight excluding hydrogens is 374 g/mol. The second kappa shape index (κ2) is 6.27. The van der Waals surface area contributed by atoms with Gasteiger partial charge in [-0.25, -0.2) is 9.97 Å². The van der Waals surface area contributed by atoms with Gasteiger partial charge in [-0.05, 0) is 31.0 Å². The molecule has 7 nitrogen and oxygen atoms in total. The van der Waals surface area contributed by atoms with Crippen molar-refractivity contribution in [3.63, 3.8) is 0 Å². The van der Waals surface area contributed by atoms with Gasteiger partial charge in [-0.1, -0.05) is 12.1 Å². The molecule has 8 heteroatoms. The molecular formula is C20H19N5O2S. The summed E-state index contributed by atoms with van der Waals surface area (Å²) in [7, 11) is 1.94. The zero-order valence-corrected chi connectivity index (χ0v) is 16.5. The molecule has 0 bridgehead atoms.